The largest absolute Gasteiger partial charge is 0.302 e. The van der Waals surface area contributed by atoms with Gasteiger partial charge in [0, 0.05) is 13.8 Å². The molecule has 1 N–H and O–H groups in total. The Morgan fingerprint density at radius 1 is 1.50 bits per heavy atom. The van der Waals surface area contributed by atoms with Crippen LogP contribution in [0.2, 0.25) is 0 Å². The van der Waals surface area contributed by atoms with E-state index in [4.69, 9.17) is 0 Å². The van der Waals surface area contributed by atoms with Crippen LogP contribution in [-0.2, 0) is 4.79 Å². The van der Waals surface area contributed by atoms with Crippen molar-refractivity contribution < 1.29 is 9.59 Å². The Kier molecular flexibility index (Phi) is 2.54. The second kappa shape index (κ2) is 3.44. The molecule has 1 rings (SSSR count). The molecule has 5 heteroatoms. The van der Waals surface area contributed by atoms with Gasteiger partial charge in [-0.2, -0.15) is 0 Å². The number of amides is 1. The van der Waals surface area contributed by atoms with Gasteiger partial charge in [-0.3, -0.25) is 9.59 Å². The van der Waals surface area contributed by atoms with E-state index in [0.29, 0.717) is 10.0 Å². The number of Topliss-reactive ketones (excluding diaryl/α,β-unsaturated/α-hetero) is 1. The van der Waals surface area contributed by atoms with Crippen molar-refractivity contribution >= 4 is 28.2 Å². The van der Waals surface area contributed by atoms with Gasteiger partial charge in [0.15, 0.2) is 10.9 Å². The SMILES string of the molecule is CC(=O)Nc1ncc(C(C)=O)s1. The molecule has 0 fully saturated rings. The van der Waals surface area contributed by atoms with E-state index in [1.165, 1.54) is 31.4 Å². The van der Waals surface area contributed by atoms with Crippen LogP contribution in [0.1, 0.15) is 23.5 Å². The molecule has 0 unspecified atom stereocenters. The third kappa shape index (κ3) is 2.13. The van der Waals surface area contributed by atoms with Crippen LogP contribution in [-0.4, -0.2) is 16.7 Å². The van der Waals surface area contributed by atoms with Gasteiger partial charge in [0.05, 0.1) is 11.1 Å². The van der Waals surface area contributed by atoms with Gasteiger partial charge in [0.2, 0.25) is 5.91 Å². The molecule has 0 aliphatic carbocycles. The van der Waals surface area contributed by atoms with E-state index >= 15 is 0 Å². The van der Waals surface area contributed by atoms with Crippen molar-refractivity contribution in [2.45, 2.75) is 13.8 Å². The topological polar surface area (TPSA) is 59.1 Å². The Morgan fingerprint density at radius 3 is 2.58 bits per heavy atom. The summed E-state index contributed by atoms with van der Waals surface area (Å²) in [5.74, 6) is -0.219. The van der Waals surface area contributed by atoms with Gasteiger partial charge < -0.3 is 5.32 Å². The van der Waals surface area contributed by atoms with Crippen LogP contribution in [0.25, 0.3) is 0 Å². The van der Waals surface area contributed by atoms with E-state index in [-0.39, 0.29) is 11.7 Å². The molecule has 0 aliphatic rings. The highest BCUT2D eigenvalue weighted by Gasteiger charge is 2.05. The molecule has 0 spiro atoms. The van der Waals surface area contributed by atoms with Crippen molar-refractivity contribution in [3.8, 4) is 0 Å². The molecule has 64 valence electrons. The first-order chi connectivity index (χ1) is 5.59. The van der Waals surface area contributed by atoms with E-state index in [1.54, 1.807) is 0 Å². The molecule has 1 heterocycles. The molecule has 1 amide bonds. The van der Waals surface area contributed by atoms with E-state index in [2.05, 4.69) is 10.3 Å². The van der Waals surface area contributed by atoms with Crippen LogP contribution >= 0.6 is 11.3 Å². The molecule has 0 saturated heterocycles. The highest BCUT2D eigenvalue weighted by atomic mass is 32.1. The van der Waals surface area contributed by atoms with Crippen LogP contribution < -0.4 is 5.32 Å². The van der Waals surface area contributed by atoms with Crippen LogP contribution in [0.15, 0.2) is 6.20 Å². The van der Waals surface area contributed by atoms with Crippen molar-refractivity contribution in [1.82, 2.24) is 4.98 Å². The lowest BCUT2D eigenvalue weighted by atomic mass is 10.4. The summed E-state index contributed by atoms with van der Waals surface area (Å²) in [6, 6.07) is 0. The number of nitrogens with one attached hydrogen (secondary N) is 1. The predicted octanol–water partition coefficient (Wildman–Crippen LogP) is 1.30. The first-order valence-electron chi connectivity index (χ1n) is 3.34. The van der Waals surface area contributed by atoms with Crippen molar-refractivity contribution in [2.75, 3.05) is 5.32 Å². The van der Waals surface area contributed by atoms with E-state index in [1.807, 2.05) is 0 Å². The summed E-state index contributed by atoms with van der Waals surface area (Å²) in [5.41, 5.74) is 0. The number of thiazole rings is 1. The quantitative estimate of drug-likeness (QED) is 0.705. The minimum atomic E-state index is -0.181. The van der Waals surface area contributed by atoms with Crippen molar-refractivity contribution in [2.24, 2.45) is 0 Å². The average Bonchev–Trinajstić information content (AvgIpc) is 2.34. The third-order valence-corrected chi connectivity index (χ3v) is 2.15. The molecule has 0 saturated carbocycles. The molecule has 0 atom stereocenters. The molecule has 0 radical (unpaired) electrons. The number of carbonyl (C=O) groups excluding carboxylic acids is 2. The predicted molar refractivity (Wildman–Crippen MR) is 46.4 cm³/mol. The van der Waals surface area contributed by atoms with Crippen molar-refractivity contribution in [1.29, 1.82) is 0 Å². The van der Waals surface area contributed by atoms with Gasteiger partial charge in [0.1, 0.15) is 0 Å². The van der Waals surface area contributed by atoms with E-state index in [9.17, 15) is 9.59 Å². The second-order valence-electron chi connectivity index (χ2n) is 2.27. The number of hydrogen-bond acceptors (Lipinski definition) is 4. The zero-order valence-corrected chi connectivity index (χ0v) is 7.57. The number of aromatic nitrogens is 1. The van der Waals surface area contributed by atoms with Crippen LogP contribution in [0.4, 0.5) is 5.13 Å². The second-order valence-corrected chi connectivity index (χ2v) is 3.30. The van der Waals surface area contributed by atoms with E-state index in [0.717, 1.165) is 0 Å². The number of carbonyl (C=O) groups is 2. The zero-order chi connectivity index (χ0) is 9.14. The summed E-state index contributed by atoms with van der Waals surface area (Å²) in [6.07, 6.45) is 1.46. The Hall–Kier alpha value is -1.23. The van der Waals surface area contributed by atoms with Gasteiger partial charge in [0.25, 0.3) is 0 Å². The summed E-state index contributed by atoms with van der Waals surface area (Å²) in [4.78, 5) is 25.8. The Labute approximate surface area is 73.6 Å². The molecule has 1 aromatic rings. The van der Waals surface area contributed by atoms with Crippen LogP contribution in [0.3, 0.4) is 0 Å². The van der Waals surface area contributed by atoms with Gasteiger partial charge in [-0.15, -0.1) is 0 Å². The van der Waals surface area contributed by atoms with Gasteiger partial charge in [-0.1, -0.05) is 11.3 Å². The van der Waals surface area contributed by atoms with Crippen molar-refractivity contribution in [3.05, 3.63) is 11.1 Å². The van der Waals surface area contributed by atoms with Gasteiger partial charge in [-0.05, 0) is 0 Å². The number of anilines is 1. The summed E-state index contributed by atoms with van der Waals surface area (Å²) >= 11 is 1.18. The highest BCUT2D eigenvalue weighted by molar-refractivity contribution is 7.17. The van der Waals surface area contributed by atoms with Crippen molar-refractivity contribution in [3.63, 3.8) is 0 Å². The lowest BCUT2D eigenvalue weighted by molar-refractivity contribution is -0.114. The molecule has 4 nitrogen and oxygen atoms in total. The lowest BCUT2D eigenvalue weighted by Crippen LogP contribution is -2.04. The molecule has 12 heavy (non-hydrogen) atoms. The lowest BCUT2D eigenvalue weighted by Gasteiger charge is -1.91. The number of ketones is 1. The molecule has 0 aliphatic heterocycles. The number of rotatable bonds is 2. The first kappa shape index (κ1) is 8.86. The Morgan fingerprint density at radius 2 is 2.17 bits per heavy atom. The highest BCUT2D eigenvalue weighted by Crippen LogP contribution is 2.17. The summed E-state index contributed by atoms with van der Waals surface area (Å²) in [7, 11) is 0. The maximum atomic E-state index is 10.8. The van der Waals surface area contributed by atoms with Gasteiger partial charge in [-0.25, -0.2) is 4.98 Å². The minimum absolute atomic E-state index is 0.0379. The molecule has 0 aromatic carbocycles. The van der Waals surface area contributed by atoms with Crippen LogP contribution in [0, 0.1) is 0 Å². The fourth-order valence-electron chi connectivity index (χ4n) is 0.645. The molecular weight excluding hydrogens is 176 g/mol. The minimum Gasteiger partial charge on any atom is -0.302 e. The standard InChI is InChI=1S/C7H8N2O2S/c1-4(10)6-3-8-7(12-6)9-5(2)11/h3H,1-2H3,(H,8,9,11). The van der Waals surface area contributed by atoms with Gasteiger partial charge >= 0.3 is 0 Å². The monoisotopic (exact) mass is 184 g/mol. The Bertz CT molecular complexity index is 319. The maximum Gasteiger partial charge on any atom is 0.223 e. The first-order valence-corrected chi connectivity index (χ1v) is 4.15. The summed E-state index contributed by atoms with van der Waals surface area (Å²) in [5, 5.41) is 2.96. The third-order valence-electron chi connectivity index (χ3n) is 1.14. The van der Waals surface area contributed by atoms with E-state index < -0.39 is 0 Å². The van der Waals surface area contributed by atoms with Crippen LogP contribution in [0.5, 0.6) is 0 Å². The Balaban J connectivity index is 2.77. The fraction of sp³-hybridized carbons (Fsp3) is 0.286. The molecule has 0 bridgehead atoms. The maximum absolute atomic E-state index is 10.8. The normalized spacial score (nSPS) is 9.50. The molecular formula is C7H8N2O2S. The smallest absolute Gasteiger partial charge is 0.223 e. The molecule has 1 aromatic heterocycles. The zero-order valence-electron chi connectivity index (χ0n) is 6.75. The number of hydrogen-bond donors (Lipinski definition) is 1. The average molecular weight is 184 g/mol. The summed E-state index contributed by atoms with van der Waals surface area (Å²) in [6.45, 7) is 2.86. The fourth-order valence-corrected chi connectivity index (χ4v) is 1.40. The summed E-state index contributed by atoms with van der Waals surface area (Å²) < 4.78 is 0. The number of nitrogens with zero attached hydrogens (tertiary/aromatic N) is 1.